The van der Waals surface area contributed by atoms with Gasteiger partial charge in [-0.25, -0.2) is 4.79 Å². The fourth-order valence-corrected chi connectivity index (χ4v) is 2.49. The quantitative estimate of drug-likeness (QED) is 0.842. The summed E-state index contributed by atoms with van der Waals surface area (Å²) < 4.78 is 37.9. The van der Waals surface area contributed by atoms with Crippen LogP contribution in [-0.4, -0.2) is 17.2 Å². The maximum absolute atomic E-state index is 12.6. The minimum Gasteiger partial charge on any atom is -0.465 e. The Morgan fingerprint density at radius 3 is 2.68 bits per heavy atom. The van der Waals surface area contributed by atoms with Crippen molar-refractivity contribution in [3.63, 3.8) is 0 Å². The van der Waals surface area contributed by atoms with Crippen LogP contribution < -0.4 is 4.90 Å². The lowest BCUT2D eigenvalue weighted by atomic mass is 9.93. The van der Waals surface area contributed by atoms with Crippen LogP contribution in [0, 0.1) is 0 Å². The SMILES string of the molecule is CCC1CCc2cc(C(F)(F)F)ccc2N1C(=O)O. The first-order valence-electron chi connectivity index (χ1n) is 6.07. The number of nitrogens with zero attached hydrogens (tertiary/aromatic N) is 1. The third kappa shape index (κ3) is 2.52. The zero-order chi connectivity index (χ0) is 14.2. The molecule has 1 amide bonds. The number of anilines is 1. The predicted molar refractivity (Wildman–Crippen MR) is 64.3 cm³/mol. The number of aryl methyl sites for hydroxylation is 1. The van der Waals surface area contributed by atoms with Gasteiger partial charge in [0, 0.05) is 6.04 Å². The lowest BCUT2D eigenvalue weighted by Gasteiger charge is -2.35. The predicted octanol–water partition coefficient (Wildman–Crippen LogP) is 3.91. The van der Waals surface area contributed by atoms with Crippen molar-refractivity contribution in [1.82, 2.24) is 0 Å². The van der Waals surface area contributed by atoms with Gasteiger partial charge in [0.1, 0.15) is 0 Å². The van der Waals surface area contributed by atoms with Crippen LogP contribution in [0.4, 0.5) is 23.7 Å². The highest BCUT2D eigenvalue weighted by Crippen LogP contribution is 2.37. The first-order chi connectivity index (χ1) is 8.84. The Balaban J connectivity index is 2.45. The molecule has 0 saturated heterocycles. The second kappa shape index (κ2) is 4.75. The van der Waals surface area contributed by atoms with E-state index in [1.165, 1.54) is 11.0 Å². The van der Waals surface area contributed by atoms with E-state index in [0.29, 0.717) is 30.5 Å². The summed E-state index contributed by atoms with van der Waals surface area (Å²) in [5, 5.41) is 9.22. The normalized spacial score (nSPS) is 19.2. The standard InChI is InChI=1S/C13H14F3NO2/c1-2-10-5-3-8-7-9(13(14,15)16)4-6-11(8)17(10)12(18)19/h4,6-7,10H,2-3,5H2,1H3,(H,18,19). The van der Waals surface area contributed by atoms with Crippen molar-refractivity contribution in [3.8, 4) is 0 Å². The van der Waals surface area contributed by atoms with Crippen LogP contribution in [0.2, 0.25) is 0 Å². The monoisotopic (exact) mass is 273 g/mol. The van der Waals surface area contributed by atoms with Gasteiger partial charge >= 0.3 is 12.3 Å². The number of carboxylic acid groups (broad SMARTS) is 1. The Kier molecular flexibility index (Phi) is 3.43. The molecule has 1 aliphatic rings. The second-order valence-corrected chi connectivity index (χ2v) is 4.59. The van der Waals surface area contributed by atoms with Gasteiger partial charge in [0.05, 0.1) is 11.3 Å². The molecule has 0 fully saturated rings. The summed E-state index contributed by atoms with van der Waals surface area (Å²) in [4.78, 5) is 12.5. The molecule has 0 bridgehead atoms. The zero-order valence-electron chi connectivity index (χ0n) is 10.4. The van der Waals surface area contributed by atoms with Crippen molar-refractivity contribution in [2.45, 2.75) is 38.4 Å². The Hall–Kier alpha value is -1.72. The number of amides is 1. The van der Waals surface area contributed by atoms with Crippen LogP contribution in [0.15, 0.2) is 18.2 Å². The largest absolute Gasteiger partial charge is 0.465 e. The molecule has 1 aromatic rings. The summed E-state index contributed by atoms with van der Waals surface area (Å²) in [7, 11) is 0. The minimum absolute atomic E-state index is 0.165. The van der Waals surface area contributed by atoms with E-state index >= 15 is 0 Å². The molecule has 1 unspecified atom stereocenters. The van der Waals surface area contributed by atoms with Crippen molar-refractivity contribution in [1.29, 1.82) is 0 Å². The molecule has 1 N–H and O–H groups in total. The van der Waals surface area contributed by atoms with Gasteiger partial charge in [-0.2, -0.15) is 13.2 Å². The molecule has 19 heavy (non-hydrogen) atoms. The molecule has 0 spiro atoms. The minimum atomic E-state index is -4.40. The van der Waals surface area contributed by atoms with Crippen LogP contribution >= 0.6 is 0 Å². The fraction of sp³-hybridized carbons (Fsp3) is 0.462. The molecular formula is C13H14F3NO2. The van der Waals surface area contributed by atoms with Crippen LogP contribution in [0.5, 0.6) is 0 Å². The number of hydrogen-bond acceptors (Lipinski definition) is 1. The van der Waals surface area contributed by atoms with Gasteiger partial charge in [0.25, 0.3) is 0 Å². The summed E-state index contributed by atoms with van der Waals surface area (Å²) in [6.07, 6.45) is -3.84. The van der Waals surface area contributed by atoms with Gasteiger partial charge in [-0.15, -0.1) is 0 Å². The van der Waals surface area contributed by atoms with Crippen molar-refractivity contribution in [2.24, 2.45) is 0 Å². The van der Waals surface area contributed by atoms with Crippen molar-refractivity contribution in [2.75, 3.05) is 4.90 Å². The first kappa shape index (κ1) is 13.7. The smallest absolute Gasteiger partial charge is 0.416 e. The number of carbonyl (C=O) groups is 1. The number of halogens is 3. The van der Waals surface area contributed by atoms with E-state index in [-0.39, 0.29) is 6.04 Å². The molecule has 104 valence electrons. The summed E-state index contributed by atoms with van der Waals surface area (Å²) in [5.41, 5.74) is 0.0899. The number of benzene rings is 1. The van der Waals surface area contributed by atoms with Gasteiger partial charge in [-0.05, 0) is 43.0 Å². The molecule has 0 radical (unpaired) electrons. The molecule has 3 nitrogen and oxygen atoms in total. The molecule has 0 aliphatic carbocycles. The van der Waals surface area contributed by atoms with Gasteiger partial charge in [-0.3, -0.25) is 4.90 Å². The maximum Gasteiger partial charge on any atom is 0.416 e. The Morgan fingerprint density at radius 2 is 2.16 bits per heavy atom. The van der Waals surface area contributed by atoms with E-state index in [0.717, 1.165) is 12.1 Å². The molecule has 6 heteroatoms. The van der Waals surface area contributed by atoms with E-state index in [2.05, 4.69) is 0 Å². The molecule has 1 atom stereocenters. The van der Waals surface area contributed by atoms with Crippen molar-refractivity contribution < 1.29 is 23.1 Å². The topological polar surface area (TPSA) is 40.5 Å². The zero-order valence-corrected chi connectivity index (χ0v) is 10.4. The second-order valence-electron chi connectivity index (χ2n) is 4.59. The Labute approximate surface area is 108 Å². The molecule has 0 aromatic heterocycles. The van der Waals surface area contributed by atoms with E-state index in [1.807, 2.05) is 6.92 Å². The first-order valence-corrected chi connectivity index (χ1v) is 6.07. The van der Waals surface area contributed by atoms with E-state index in [1.54, 1.807) is 0 Å². The third-order valence-corrected chi connectivity index (χ3v) is 3.46. The van der Waals surface area contributed by atoms with Gasteiger partial charge in [-0.1, -0.05) is 6.92 Å². The van der Waals surface area contributed by atoms with Crippen LogP contribution in [0.1, 0.15) is 30.9 Å². The summed E-state index contributed by atoms with van der Waals surface area (Å²) in [6, 6.07) is 3.08. The summed E-state index contributed by atoms with van der Waals surface area (Å²) >= 11 is 0. The lowest BCUT2D eigenvalue weighted by Crippen LogP contribution is -2.42. The van der Waals surface area contributed by atoms with Crippen LogP contribution in [-0.2, 0) is 12.6 Å². The molecule has 2 rings (SSSR count). The molecule has 0 saturated carbocycles. The van der Waals surface area contributed by atoms with Gasteiger partial charge < -0.3 is 5.11 Å². The molecule has 1 aromatic carbocycles. The third-order valence-electron chi connectivity index (χ3n) is 3.46. The maximum atomic E-state index is 12.6. The highest BCUT2D eigenvalue weighted by Gasteiger charge is 2.34. The molecule has 1 heterocycles. The summed E-state index contributed by atoms with van der Waals surface area (Å²) in [5.74, 6) is 0. The van der Waals surface area contributed by atoms with E-state index in [4.69, 9.17) is 0 Å². The highest BCUT2D eigenvalue weighted by molar-refractivity contribution is 5.88. The Bertz CT molecular complexity index is 499. The number of alkyl halides is 3. The Morgan fingerprint density at radius 1 is 1.47 bits per heavy atom. The van der Waals surface area contributed by atoms with Crippen molar-refractivity contribution in [3.05, 3.63) is 29.3 Å². The number of fused-ring (bicyclic) bond motifs is 1. The van der Waals surface area contributed by atoms with Gasteiger partial charge in [0.2, 0.25) is 0 Å². The average Bonchev–Trinajstić information content (AvgIpc) is 2.35. The fourth-order valence-electron chi connectivity index (χ4n) is 2.49. The van der Waals surface area contributed by atoms with Crippen molar-refractivity contribution >= 4 is 11.8 Å². The molecule has 1 aliphatic heterocycles. The molecular weight excluding hydrogens is 259 g/mol. The van der Waals surface area contributed by atoms with Crippen LogP contribution in [0.25, 0.3) is 0 Å². The van der Waals surface area contributed by atoms with E-state index < -0.39 is 17.8 Å². The number of rotatable bonds is 1. The average molecular weight is 273 g/mol. The van der Waals surface area contributed by atoms with Crippen LogP contribution in [0.3, 0.4) is 0 Å². The van der Waals surface area contributed by atoms with E-state index in [9.17, 15) is 23.1 Å². The summed E-state index contributed by atoms with van der Waals surface area (Å²) in [6.45, 7) is 1.87. The highest BCUT2D eigenvalue weighted by atomic mass is 19.4. The van der Waals surface area contributed by atoms with Gasteiger partial charge in [0.15, 0.2) is 0 Å². The number of hydrogen-bond donors (Lipinski definition) is 1. The lowest BCUT2D eigenvalue weighted by molar-refractivity contribution is -0.137.